The van der Waals surface area contributed by atoms with E-state index in [1.807, 2.05) is 0 Å². The van der Waals surface area contributed by atoms with Crippen molar-refractivity contribution in [3.05, 3.63) is 35.9 Å². The Morgan fingerprint density at radius 2 is 2.12 bits per heavy atom. The highest BCUT2D eigenvalue weighted by atomic mass is 15.2. The van der Waals surface area contributed by atoms with Crippen LogP contribution in [-0.4, -0.2) is 24.0 Å². The van der Waals surface area contributed by atoms with Gasteiger partial charge in [-0.15, -0.1) is 0 Å². The molecule has 1 atom stereocenters. The molecule has 17 heavy (non-hydrogen) atoms. The van der Waals surface area contributed by atoms with Gasteiger partial charge in [-0.25, -0.2) is 0 Å². The molecule has 0 saturated carbocycles. The minimum absolute atomic E-state index is 0.689. The minimum Gasteiger partial charge on any atom is -0.300 e. The lowest BCUT2D eigenvalue weighted by Gasteiger charge is -2.24. The highest BCUT2D eigenvalue weighted by Crippen LogP contribution is 2.21. The van der Waals surface area contributed by atoms with Gasteiger partial charge < -0.3 is 4.90 Å². The van der Waals surface area contributed by atoms with Gasteiger partial charge in [0.15, 0.2) is 0 Å². The molecule has 1 aromatic carbocycles. The standard InChI is InChI=1S/C15H20N2/c16-10-4-5-11-17-12-6-9-15(17)13-14-7-2-1-3-8-14/h1-3,7-8,15H,4-6,9,11-13H2/t15-/m0/s1. The molecule has 0 aromatic heterocycles. The average Bonchev–Trinajstić information content (AvgIpc) is 2.79. The van der Waals surface area contributed by atoms with E-state index in [0.717, 1.165) is 19.4 Å². The molecule has 0 bridgehead atoms. The number of benzene rings is 1. The van der Waals surface area contributed by atoms with Crippen LogP contribution in [0.2, 0.25) is 0 Å². The summed E-state index contributed by atoms with van der Waals surface area (Å²) in [5.74, 6) is 0. The first-order valence-corrected chi connectivity index (χ1v) is 6.55. The molecule has 0 spiro atoms. The van der Waals surface area contributed by atoms with Crippen molar-refractivity contribution in [2.45, 2.75) is 38.1 Å². The summed E-state index contributed by atoms with van der Waals surface area (Å²) >= 11 is 0. The Kier molecular flexibility index (Phi) is 4.58. The number of nitriles is 1. The number of hydrogen-bond donors (Lipinski definition) is 0. The summed E-state index contributed by atoms with van der Waals surface area (Å²) in [6, 6.07) is 13.7. The first-order valence-electron chi connectivity index (χ1n) is 6.55. The summed E-state index contributed by atoms with van der Waals surface area (Å²) in [4.78, 5) is 2.56. The maximum Gasteiger partial charge on any atom is 0.0622 e. The van der Waals surface area contributed by atoms with Crippen LogP contribution in [0, 0.1) is 11.3 Å². The van der Waals surface area contributed by atoms with Crippen molar-refractivity contribution in [3.63, 3.8) is 0 Å². The van der Waals surface area contributed by atoms with E-state index in [-0.39, 0.29) is 0 Å². The Morgan fingerprint density at radius 3 is 2.88 bits per heavy atom. The van der Waals surface area contributed by atoms with Gasteiger partial charge in [-0.05, 0) is 44.3 Å². The average molecular weight is 228 g/mol. The Hall–Kier alpha value is -1.33. The molecule has 2 rings (SSSR count). The summed E-state index contributed by atoms with van der Waals surface area (Å²) in [6.07, 6.45) is 5.48. The van der Waals surface area contributed by atoms with Gasteiger partial charge in [0.05, 0.1) is 6.07 Å². The zero-order chi connectivity index (χ0) is 11.9. The van der Waals surface area contributed by atoms with Crippen molar-refractivity contribution in [1.29, 1.82) is 5.26 Å². The molecule has 0 unspecified atom stereocenters. The van der Waals surface area contributed by atoms with Crippen LogP contribution in [-0.2, 0) is 6.42 Å². The number of unbranched alkanes of at least 4 members (excludes halogenated alkanes) is 1. The predicted molar refractivity (Wildman–Crippen MR) is 69.6 cm³/mol. The summed E-state index contributed by atoms with van der Waals surface area (Å²) in [7, 11) is 0. The van der Waals surface area contributed by atoms with E-state index >= 15 is 0 Å². The molecule has 1 saturated heterocycles. The summed E-state index contributed by atoms with van der Waals surface area (Å²) in [5.41, 5.74) is 1.43. The van der Waals surface area contributed by atoms with Gasteiger partial charge in [0, 0.05) is 12.5 Å². The number of hydrogen-bond acceptors (Lipinski definition) is 2. The van der Waals surface area contributed by atoms with Crippen molar-refractivity contribution in [2.75, 3.05) is 13.1 Å². The van der Waals surface area contributed by atoms with Crippen LogP contribution < -0.4 is 0 Å². The molecule has 1 aromatic rings. The minimum atomic E-state index is 0.689. The fourth-order valence-electron chi connectivity index (χ4n) is 2.67. The van der Waals surface area contributed by atoms with Crippen LogP contribution in [0.25, 0.3) is 0 Å². The molecule has 90 valence electrons. The van der Waals surface area contributed by atoms with E-state index in [9.17, 15) is 0 Å². The smallest absolute Gasteiger partial charge is 0.0622 e. The van der Waals surface area contributed by atoms with Gasteiger partial charge in [-0.3, -0.25) is 0 Å². The summed E-state index contributed by atoms with van der Waals surface area (Å²) in [6.45, 7) is 2.30. The molecule has 0 radical (unpaired) electrons. The van der Waals surface area contributed by atoms with Gasteiger partial charge in [0.25, 0.3) is 0 Å². The highest BCUT2D eigenvalue weighted by molar-refractivity contribution is 5.16. The first-order chi connectivity index (χ1) is 8.40. The molecule has 1 aliphatic heterocycles. The lowest BCUT2D eigenvalue weighted by Crippen LogP contribution is -2.31. The first kappa shape index (κ1) is 12.1. The van der Waals surface area contributed by atoms with E-state index in [0.29, 0.717) is 12.5 Å². The second-order valence-electron chi connectivity index (χ2n) is 4.78. The second kappa shape index (κ2) is 6.42. The maximum absolute atomic E-state index is 8.57. The Balaban J connectivity index is 1.85. The fourth-order valence-corrected chi connectivity index (χ4v) is 2.67. The number of nitrogens with zero attached hydrogens (tertiary/aromatic N) is 2. The van der Waals surface area contributed by atoms with Crippen molar-refractivity contribution < 1.29 is 0 Å². The zero-order valence-electron chi connectivity index (χ0n) is 10.3. The van der Waals surface area contributed by atoms with E-state index in [1.54, 1.807) is 0 Å². The van der Waals surface area contributed by atoms with E-state index < -0.39 is 0 Å². The lowest BCUT2D eigenvalue weighted by molar-refractivity contribution is 0.250. The number of likely N-dealkylation sites (tertiary alicyclic amines) is 1. The highest BCUT2D eigenvalue weighted by Gasteiger charge is 2.23. The SMILES string of the molecule is N#CCCCN1CCC[C@H]1Cc1ccccc1. The van der Waals surface area contributed by atoms with Gasteiger partial charge in [0.2, 0.25) is 0 Å². The van der Waals surface area contributed by atoms with Gasteiger partial charge in [0.1, 0.15) is 0 Å². The third kappa shape index (κ3) is 3.57. The van der Waals surface area contributed by atoms with E-state index in [1.165, 1.54) is 24.9 Å². The van der Waals surface area contributed by atoms with E-state index in [2.05, 4.69) is 41.3 Å². The van der Waals surface area contributed by atoms with Gasteiger partial charge in [-0.2, -0.15) is 5.26 Å². The normalized spacial score (nSPS) is 20.3. The van der Waals surface area contributed by atoms with Gasteiger partial charge >= 0.3 is 0 Å². The monoisotopic (exact) mass is 228 g/mol. The predicted octanol–water partition coefficient (Wildman–Crippen LogP) is 3.00. The molecule has 2 nitrogen and oxygen atoms in total. The summed E-state index contributed by atoms with van der Waals surface area (Å²) < 4.78 is 0. The van der Waals surface area contributed by atoms with Crippen LogP contribution in [0.4, 0.5) is 0 Å². The molecule has 0 amide bonds. The maximum atomic E-state index is 8.57. The fraction of sp³-hybridized carbons (Fsp3) is 0.533. The molecule has 2 heteroatoms. The topological polar surface area (TPSA) is 27.0 Å². The van der Waals surface area contributed by atoms with Crippen LogP contribution in [0.5, 0.6) is 0 Å². The molecular formula is C15H20N2. The molecule has 1 fully saturated rings. The van der Waals surface area contributed by atoms with Crippen LogP contribution in [0.3, 0.4) is 0 Å². The molecule has 0 aliphatic carbocycles. The van der Waals surface area contributed by atoms with Crippen molar-refractivity contribution in [2.24, 2.45) is 0 Å². The molecule has 1 heterocycles. The molecular weight excluding hydrogens is 208 g/mol. The summed E-state index contributed by atoms with van der Waals surface area (Å²) in [5, 5.41) is 8.57. The molecule has 1 aliphatic rings. The van der Waals surface area contributed by atoms with Crippen LogP contribution in [0.15, 0.2) is 30.3 Å². The van der Waals surface area contributed by atoms with Crippen LogP contribution >= 0.6 is 0 Å². The quantitative estimate of drug-likeness (QED) is 0.724. The third-order valence-electron chi connectivity index (χ3n) is 3.55. The zero-order valence-corrected chi connectivity index (χ0v) is 10.3. The van der Waals surface area contributed by atoms with Crippen molar-refractivity contribution in [3.8, 4) is 6.07 Å². The van der Waals surface area contributed by atoms with Gasteiger partial charge in [-0.1, -0.05) is 30.3 Å². The van der Waals surface area contributed by atoms with E-state index in [4.69, 9.17) is 5.26 Å². The Labute approximate surface area is 104 Å². The Morgan fingerprint density at radius 1 is 1.29 bits per heavy atom. The number of rotatable bonds is 5. The second-order valence-corrected chi connectivity index (χ2v) is 4.78. The van der Waals surface area contributed by atoms with Crippen molar-refractivity contribution in [1.82, 2.24) is 4.90 Å². The molecule has 0 N–H and O–H groups in total. The Bertz CT molecular complexity index is 366. The van der Waals surface area contributed by atoms with Crippen LogP contribution in [0.1, 0.15) is 31.2 Å². The third-order valence-corrected chi connectivity index (χ3v) is 3.55. The van der Waals surface area contributed by atoms with Crippen molar-refractivity contribution >= 4 is 0 Å². The lowest BCUT2D eigenvalue weighted by atomic mass is 10.0. The largest absolute Gasteiger partial charge is 0.300 e.